The monoisotopic (exact) mass is 428 g/mol. The van der Waals surface area contributed by atoms with Crippen molar-refractivity contribution < 1.29 is 23.9 Å². The summed E-state index contributed by atoms with van der Waals surface area (Å²) in [5.41, 5.74) is 2.14. The van der Waals surface area contributed by atoms with Crippen molar-refractivity contribution in [3.8, 4) is 0 Å². The van der Waals surface area contributed by atoms with Crippen LogP contribution in [0.15, 0.2) is 48.5 Å². The van der Waals surface area contributed by atoms with E-state index in [0.29, 0.717) is 24.2 Å². The summed E-state index contributed by atoms with van der Waals surface area (Å²) in [5.74, 6) is -0.615. The Hall–Kier alpha value is -3.35. The molecule has 7 nitrogen and oxygen atoms in total. The molecule has 2 amide bonds. The van der Waals surface area contributed by atoms with E-state index in [1.807, 2.05) is 13.8 Å². The Morgan fingerprint density at radius 3 is 1.68 bits per heavy atom. The maximum Gasteiger partial charge on any atom is 0.407 e. The summed E-state index contributed by atoms with van der Waals surface area (Å²) in [4.78, 5) is 35.4. The van der Waals surface area contributed by atoms with Crippen molar-refractivity contribution in [2.24, 2.45) is 0 Å². The number of hydrogen-bond donors (Lipinski definition) is 2. The lowest BCUT2D eigenvalue weighted by molar-refractivity contribution is 0.0522. The molecule has 0 heterocycles. The highest BCUT2D eigenvalue weighted by atomic mass is 16.6. The molecule has 0 bridgehead atoms. The summed E-state index contributed by atoms with van der Waals surface area (Å²) < 4.78 is 9.84. The lowest BCUT2D eigenvalue weighted by Gasteiger charge is -2.19. The van der Waals surface area contributed by atoms with E-state index in [2.05, 4.69) is 15.4 Å². The lowest BCUT2D eigenvalue weighted by atomic mass is 10.1. The van der Waals surface area contributed by atoms with Crippen molar-refractivity contribution in [3.05, 3.63) is 70.8 Å². The molecular formula is C24H32N2O5. The highest BCUT2D eigenvalue weighted by Gasteiger charge is 2.15. The van der Waals surface area contributed by atoms with Gasteiger partial charge in [0.2, 0.25) is 0 Å². The molecule has 2 aromatic carbocycles. The minimum Gasteiger partial charge on any atom is -0.465 e. The molecule has 168 valence electrons. The topological polar surface area (TPSA) is 93.7 Å². The molecule has 0 unspecified atom stereocenters. The molecule has 2 aromatic rings. The Balaban J connectivity index is 0.00000233. The van der Waals surface area contributed by atoms with Crippen LogP contribution in [0.2, 0.25) is 0 Å². The number of esters is 1. The third-order valence-corrected chi connectivity index (χ3v) is 3.88. The van der Waals surface area contributed by atoms with Crippen LogP contribution in [-0.4, -0.2) is 30.7 Å². The van der Waals surface area contributed by atoms with Gasteiger partial charge in [0.15, 0.2) is 0 Å². The van der Waals surface area contributed by atoms with E-state index in [-0.39, 0.29) is 5.91 Å². The molecule has 0 aliphatic rings. The molecule has 0 saturated carbocycles. The van der Waals surface area contributed by atoms with Gasteiger partial charge in [0, 0.05) is 18.7 Å². The first-order chi connectivity index (χ1) is 14.7. The van der Waals surface area contributed by atoms with Crippen LogP contribution in [0.4, 0.5) is 4.79 Å². The fraction of sp³-hybridized carbons (Fsp3) is 0.375. The van der Waals surface area contributed by atoms with E-state index in [4.69, 9.17) is 4.74 Å². The largest absolute Gasteiger partial charge is 0.465 e. The third-order valence-electron chi connectivity index (χ3n) is 3.88. The standard InChI is InChI=1S/C22H26N2O5.C2H6/c1-22(2,3)29-21(27)24-14-16-5-9-17(10-6-16)19(25)23-13-15-7-11-18(12-8-15)20(26)28-4;1-2/h5-12H,13-14H2,1-4H3,(H,23,25)(H,24,27);1-2H3. The van der Waals surface area contributed by atoms with Crippen LogP contribution in [0.5, 0.6) is 0 Å². The molecule has 2 rings (SSSR count). The smallest absolute Gasteiger partial charge is 0.407 e. The van der Waals surface area contributed by atoms with Gasteiger partial charge in [-0.2, -0.15) is 0 Å². The van der Waals surface area contributed by atoms with Gasteiger partial charge in [-0.1, -0.05) is 38.1 Å². The first-order valence-corrected chi connectivity index (χ1v) is 10.2. The highest BCUT2D eigenvalue weighted by Crippen LogP contribution is 2.09. The van der Waals surface area contributed by atoms with E-state index in [1.54, 1.807) is 69.3 Å². The van der Waals surface area contributed by atoms with Crippen molar-refractivity contribution in [1.29, 1.82) is 0 Å². The van der Waals surface area contributed by atoms with E-state index in [0.717, 1.165) is 11.1 Å². The van der Waals surface area contributed by atoms with Crippen molar-refractivity contribution in [2.45, 2.75) is 53.3 Å². The van der Waals surface area contributed by atoms with Crippen LogP contribution in [-0.2, 0) is 22.6 Å². The molecule has 0 radical (unpaired) electrons. The minimum absolute atomic E-state index is 0.214. The van der Waals surface area contributed by atoms with Crippen molar-refractivity contribution >= 4 is 18.0 Å². The molecule has 0 aliphatic carbocycles. The molecule has 0 aromatic heterocycles. The molecule has 2 N–H and O–H groups in total. The maximum atomic E-state index is 12.3. The molecule has 31 heavy (non-hydrogen) atoms. The molecule has 0 saturated heterocycles. The number of carbonyl (C=O) groups excluding carboxylic acids is 3. The summed E-state index contributed by atoms with van der Waals surface area (Å²) >= 11 is 0. The van der Waals surface area contributed by atoms with E-state index < -0.39 is 17.7 Å². The van der Waals surface area contributed by atoms with Gasteiger partial charge in [0.25, 0.3) is 5.91 Å². The summed E-state index contributed by atoms with van der Waals surface area (Å²) in [6.45, 7) is 10.0. The highest BCUT2D eigenvalue weighted by molar-refractivity contribution is 5.94. The Kier molecular flexibility index (Phi) is 10.2. The van der Waals surface area contributed by atoms with E-state index >= 15 is 0 Å². The molecule has 0 atom stereocenters. The first-order valence-electron chi connectivity index (χ1n) is 10.2. The number of amides is 2. The fourth-order valence-corrected chi connectivity index (χ4v) is 2.42. The van der Waals surface area contributed by atoms with Gasteiger partial charge in [-0.05, 0) is 56.2 Å². The fourth-order valence-electron chi connectivity index (χ4n) is 2.42. The lowest BCUT2D eigenvalue weighted by Crippen LogP contribution is -2.32. The number of nitrogens with one attached hydrogen (secondary N) is 2. The second-order valence-electron chi connectivity index (χ2n) is 7.42. The van der Waals surface area contributed by atoms with Gasteiger partial charge >= 0.3 is 12.1 Å². The zero-order valence-electron chi connectivity index (χ0n) is 19.1. The van der Waals surface area contributed by atoms with E-state index in [1.165, 1.54) is 7.11 Å². The van der Waals surface area contributed by atoms with Crippen LogP contribution in [0, 0.1) is 0 Å². The van der Waals surface area contributed by atoms with Gasteiger partial charge < -0.3 is 20.1 Å². The summed E-state index contributed by atoms with van der Waals surface area (Å²) in [6.07, 6.45) is -0.488. The molecule has 7 heteroatoms. The van der Waals surface area contributed by atoms with Gasteiger partial charge in [-0.25, -0.2) is 9.59 Å². The van der Waals surface area contributed by atoms with Crippen molar-refractivity contribution in [2.75, 3.05) is 7.11 Å². The van der Waals surface area contributed by atoms with Crippen LogP contribution >= 0.6 is 0 Å². The Morgan fingerprint density at radius 1 is 0.774 bits per heavy atom. The minimum atomic E-state index is -0.550. The number of benzene rings is 2. The number of rotatable bonds is 6. The average Bonchev–Trinajstić information content (AvgIpc) is 2.76. The van der Waals surface area contributed by atoms with Crippen LogP contribution in [0.25, 0.3) is 0 Å². The normalized spacial score (nSPS) is 10.3. The molecular weight excluding hydrogens is 396 g/mol. The first kappa shape index (κ1) is 25.7. The number of alkyl carbamates (subject to hydrolysis) is 1. The van der Waals surface area contributed by atoms with Gasteiger partial charge in [-0.3, -0.25) is 4.79 Å². The predicted molar refractivity (Wildman–Crippen MR) is 120 cm³/mol. The van der Waals surface area contributed by atoms with Gasteiger partial charge in [0.1, 0.15) is 5.60 Å². The van der Waals surface area contributed by atoms with Crippen LogP contribution < -0.4 is 10.6 Å². The number of methoxy groups -OCH3 is 1. The predicted octanol–water partition coefficient (Wildman–Crippen LogP) is 4.45. The molecule has 0 spiro atoms. The van der Waals surface area contributed by atoms with Crippen LogP contribution in [0.1, 0.15) is 66.5 Å². The third kappa shape index (κ3) is 9.33. The van der Waals surface area contributed by atoms with Gasteiger partial charge in [0.05, 0.1) is 12.7 Å². The van der Waals surface area contributed by atoms with Gasteiger partial charge in [-0.15, -0.1) is 0 Å². The summed E-state index contributed by atoms with van der Waals surface area (Å²) in [7, 11) is 1.33. The number of ether oxygens (including phenoxy) is 2. The average molecular weight is 429 g/mol. The Labute approximate surface area is 184 Å². The van der Waals surface area contributed by atoms with Crippen LogP contribution in [0.3, 0.4) is 0 Å². The Morgan fingerprint density at radius 2 is 1.23 bits per heavy atom. The Bertz CT molecular complexity index is 853. The SMILES string of the molecule is CC.COC(=O)c1ccc(CNC(=O)c2ccc(CNC(=O)OC(C)(C)C)cc2)cc1. The molecule has 0 fully saturated rings. The number of hydrogen-bond acceptors (Lipinski definition) is 5. The summed E-state index contributed by atoms with van der Waals surface area (Å²) in [6, 6.07) is 13.8. The summed E-state index contributed by atoms with van der Waals surface area (Å²) in [5, 5.41) is 5.50. The van der Waals surface area contributed by atoms with Crippen molar-refractivity contribution in [3.63, 3.8) is 0 Å². The molecule has 0 aliphatic heterocycles. The quantitative estimate of drug-likeness (QED) is 0.663. The van der Waals surface area contributed by atoms with Crippen molar-refractivity contribution in [1.82, 2.24) is 10.6 Å². The second-order valence-corrected chi connectivity index (χ2v) is 7.42. The van der Waals surface area contributed by atoms with E-state index in [9.17, 15) is 14.4 Å². The maximum absolute atomic E-state index is 12.3. The zero-order valence-corrected chi connectivity index (χ0v) is 19.1. The zero-order chi connectivity index (χ0) is 23.4. The second kappa shape index (κ2) is 12.4. The number of carbonyl (C=O) groups is 3.